The Morgan fingerprint density at radius 1 is 0.939 bits per heavy atom. The van der Waals surface area contributed by atoms with Crippen LogP contribution in [0.4, 0.5) is 0 Å². The number of rotatable bonds is 5. The second-order valence-electron chi connectivity index (χ2n) is 7.32. The molecule has 0 radical (unpaired) electrons. The van der Waals surface area contributed by atoms with E-state index in [4.69, 9.17) is 56.2 Å². The van der Waals surface area contributed by atoms with Crippen molar-refractivity contribution in [2.75, 3.05) is 0 Å². The molecule has 4 rings (SSSR count). The Morgan fingerprint density at radius 3 is 2.24 bits per heavy atom. The van der Waals surface area contributed by atoms with Gasteiger partial charge in [0.25, 0.3) is 0 Å². The van der Waals surface area contributed by atoms with E-state index in [0.29, 0.717) is 21.3 Å². The number of carbonyl (C=O) groups excluding carboxylic acids is 1. The monoisotopic (exact) mass is 519 g/mol. The molecular weight excluding hydrogens is 504 g/mol. The number of carbonyl (C=O) groups is 1. The summed E-state index contributed by atoms with van der Waals surface area (Å²) in [5, 5.41) is 5.75. The highest BCUT2D eigenvalue weighted by atomic mass is 35.5. The molecular formula is C24H17Cl4N3O2. The van der Waals surface area contributed by atoms with E-state index in [-0.39, 0.29) is 27.8 Å². The predicted octanol–water partition coefficient (Wildman–Crippen LogP) is 7.70. The lowest BCUT2D eigenvalue weighted by atomic mass is 10.1. The lowest BCUT2D eigenvalue weighted by molar-refractivity contribution is 0.0717. The maximum absolute atomic E-state index is 13.1. The predicted molar refractivity (Wildman–Crippen MR) is 132 cm³/mol. The zero-order valence-corrected chi connectivity index (χ0v) is 20.5. The van der Waals surface area contributed by atoms with Gasteiger partial charge in [-0.25, -0.2) is 14.5 Å². The number of esters is 1. The van der Waals surface area contributed by atoms with Crippen molar-refractivity contribution in [1.29, 1.82) is 0 Å². The highest BCUT2D eigenvalue weighted by molar-refractivity contribution is 6.42. The molecule has 0 spiro atoms. The maximum atomic E-state index is 13.1. The smallest absolute Gasteiger partial charge is 0.345 e. The first-order chi connectivity index (χ1) is 15.7. The van der Waals surface area contributed by atoms with E-state index in [0.717, 1.165) is 11.1 Å². The fraction of sp³-hybridized carbons (Fsp3) is 0.125. The van der Waals surface area contributed by atoms with E-state index in [2.05, 4.69) is 4.98 Å². The standard InChI is InChI=1S/C24H17Cl4N3O2/c1-13-22(15-6-4-3-5-7-15)23(33-24(32)17-11-20(27)29-21(28)12-17)31(30-13)14(2)16-8-9-18(25)19(26)10-16/h3-12,14H,1-2H3. The summed E-state index contributed by atoms with van der Waals surface area (Å²) in [7, 11) is 0. The Labute approximate surface area is 210 Å². The quantitative estimate of drug-likeness (QED) is 0.200. The first kappa shape index (κ1) is 23.6. The summed E-state index contributed by atoms with van der Waals surface area (Å²) in [6, 6.07) is 17.4. The van der Waals surface area contributed by atoms with E-state index >= 15 is 0 Å². The van der Waals surface area contributed by atoms with Crippen LogP contribution >= 0.6 is 46.4 Å². The molecule has 2 aromatic heterocycles. The number of halogens is 4. The van der Waals surface area contributed by atoms with Crippen molar-refractivity contribution in [3.05, 3.63) is 97.8 Å². The summed E-state index contributed by atoms with van der Waals surface area (Å²) in [6.45, 7) is 3.79. The van der Waals surface area contributed by atoms with Gasteiger partial charge in [0.2, 0.25) is 5.88 Å². The summed E-state index contributed by atoms with van der Waals surface area (Å²) < 4.78 is 7.55. The highest BCUT2D eigenvalue weighted by Gasteiger charge is 2.26. The highest BCUT2D eigenvalue weighted by Crippen LogP contribution is 2.38. The number of ether oxygens (including phenoxy) is 1. The maximum Gasteiger partial charge on any atom is 0.345 e. The van der Waals surface area contributed by atoms with Gasteiger partial charge in [0.15, 0.2) is 0 Å². The largest absolute Gasteiger partial charge is 0.403 e. The van der Waals surface area contributed by atoms with Gasteiger partial charge in [-0.15, -0.1) is 0 Å². The first-order valence-electron chi connectivity index (χ1n) is 9.89. The average Bonchev–Trinajstić information content (AvgIpc) is 3.10. The van der Waals surface area contributed by atoms with Crippen LogP contribution in [0.3, 0.4) is 0 Å². The van der Waals surface area contributed by atoms with Gasteiger partial charge in [0, 0.05) is 0 Å². The normalized spacial score (nSPS) is 11.9. The van der Waals surface area contributed by atoms with Gasteiger partial charge < -0.3 is 4.74 Å². The van der Waals surface area contributed by atoms with Crippen LogP contribution in [0, 0.1) is 6.92 Å². The molecule has 4 aromatic rings. The van der Waals surface area contributed by atoms with Crippen molar-refractivity contribution in [2.24, 2.45) is 0 Å². The summed E-state index contributed by atoms with van der Waals surface area (Å²) in [5.74, 6) is -0.354. The van der Waals surface area contributed by atoms with Gasteiger partial charge in [-0.05, 0) is 49.2 Å². The van der Waals surface area contributed by atoms with Crippen molar-refractivity contribution in [2.45, 2.75) is 19.9 Å². The second-order valence-corrected chi connectivity index (χ2v) is 8.91. The molecule has 0 saturated carbocycles. The first-order valence-corrected chi connectivity index (χ1v) is 11.4. The minimum atomic E-state index is -0.638. The number of pyridine rings is 1. The molecule has 5 nitrogen and oxygen atoms in total. The van der Waals surface area contributed by atoms with Crippen molar-refractivity contribution in [3.8, 4) is 17.0 Å². The molecule has 0 aliphatic rings. The molecule has 1 unspecified atom stereocenters. The molecule has 0 aliphatic carbocycles. The third kappa shape index (κ3) is 5.02. The number of benzene rings is 2. The molecule has 0 saturated heterocycles. The minimum absolute atomic E-state index is 0.0894. The molecule has 9 heteroatoms. The molecule has 2 heterocycles. The average molecular weight is 521 g/mol. The van der Waals surface area contributed by atoms with Crippen molar-refractivity contribution in [1.82, 2.24) is 14.8 Å². The third-order valence-corrected chi connectivity index (χ3v) is 6.21. The molecule has 0 aliphatic heterocycles. The number of hydrogen-bond donors (Lipinski definition) is 0. The Kier molecular flexibility index (Phi) is 6.96. The van der Waals surface area contributed by atoms with Crippen molar-refractivity contribution in [3.63, 3.8) is 0 Å². The number of hydrogen-bond acceptors (Lipinski definition) is 4. The zero-order valence-electron chi connectivity index (χ0n) is 17.5. The molecule has 1 atom stereocenters. The van der Waals surface area contributed by atoms with Crippen molar-refractivity contribution >= 4 is 52.4 Å². The third-order valence-electron chi connectivity index (χ3n) is 5.08. The van der Waals surface area contributed by atoms with E-state index in [1.165, 1.54) is 12.1 Å². The van der Waals surface area contributed by atoms with E-state index in [9.17, 15) is 4.79 Å². The van der Waals surface area contributed by atoms with Crippen LogP contribution < -0.4 is 4.74 Å². The Hall–Kier alpha value is -2.57. The van der Waals surface area contributed by atoms with Gasteiger partial charge >= 0.3 is 5.97 Å². The Balaban J connectivity index is 1.83. The molecule has 0 N–H and O–H groups in total. The van der Waals surface area contributed by atoms with Gasteiger partial charge in [-0.3, -0.25) is 0 Å². The topological polar surface area (TPSA) is 57.0 Å². The molecule has 0 bridgehead atoms. The fourth-order valence-corrected chi connectivity index (χ4v) is 4.23. The Bertz CT molecular complexity index is 1320. The van der Waals surface area contributed by atoms with Gasteiger partial charge in [-0.1, -0.05) is 82.8 Å². The summed E-state index contributed by atoms with van der Waals surface area (Å²) in [4.78, 5) is 17.0. The van der Waals surface area contributed by atoms with E-state index in [1.807, 2.05) is 50.2 Å². The minimum Gasteiger partial charge on any atom is -0.403 e. The summed E-state index contributed by atoms with van der Waals surface area (Å²) in [5.41, 5.74) is 3.27. The lowest BCUT2D eigenvalue weighted by Gasteiger charge is -2.17. The van der Waals surface area contributed by atoms with Crippen LogP contribution in [-0.4, -0.2) is 20.7 Å². The fourth-order valence-electron chi connectivity index (χ4n) is 3.47. The molecule has 33 heavy (non-hydrogen) atoms. The molecule has 168 valence electrons. The second kappa shape index (κ2) is 9.74. The van der Waals surface area contributed by atoms with Crippen LogP contribution in [0.1, 0.15) is 34.6 Å². The number of aromatic nitrogens is 3. The number of nitrogens with zero attached hydrogens (tertiary/aromatic N) is 3. The number of aryl methyl sites for hydroxylation is 1. The van der Waals surface area contributed by atoms with E-state index < -0.39 is 5.97 Å². The van der Waals surface area contributed by atoms with Gasteiger partial charge in [-0.2, -0.15) is 5.10 Å². The zero-order chi connectivity index (χ0) is 23.7. The van der Waals surface area contributed by atoms with Crippen LogP contribution in [0.2, 0.25) is 20.4 Å². The van der Waals surface area contributed by atoms with Crippen LogP contribution in [0.5, 0.6) is 5.88 Å². The van der Waals surface area contributed by atoms with Gasteiger partial charge in [0.05, 0.1) is 32.9 Å². The molecule has 0 amide bonds. The van der Waals surface area contributed by atoms with Crippen molar-refractivity contribution < 1.29 is 9.53 Å². The summed E-state index contributed by atoms with van der Waals surface area (Å²) >= 11 is 24.3. The van der Waals surface area contributed by atoms with E-state index in [1.54, 1.807) is 16.8 Å². The Morgan fingerprint density at radius 2 is 1.61 bits per heavy atom. The van der Waals surface area contributed by atoms with Crippen LogP contribution in [0.25, 0.3) is 11.1 Å². The summed E-state index contributed by atoms with van der Waals surface area (Å²) in [6.07, 6.45) is 0. The van der Waals surface area contributed by atoms with Gasteiger partial charge in [0.1, 0.15) is 10.3 Å². The lowest BCUT2D eigenvalue weighted by Crippen LogP contribution is -2.16. The SMILES string of the molecule is Cc1nn(C(C)c2ccc(Cl)c(Cl)c2)c(OC(=O)c2cc(Cl)nc(Cl)c2)c1-c1ccccc1. The van der Waals surface area contributed by atoms with Crippen LogP contribution in [-0.2, 0) is 0 Å². The molecule has 2 aromatic carbocycles. The molecule has 0 fully saturated rings. The van der Waals surface area contributed by atoms with Crippen LogP contribution in [0.15, 0.2) is 60.7 Å².